The van der Waals surface area contributed by atoms with Crippen LogP contribution in [0.15, 0.2) is 43.2 Å². The fraction of sp³-hybridized carbons (Fsp3) is 0.238. The van der Waals surface area contributed by atoms with Crippen LogP contribution in [0.25, 0.3) is 11.0 Å². The molecular formula is C21H16ClF4N5O3. The molecule has 4 rings (SSSR count). The first-order valence-corrected chi connectivity index (χ1v) is 10.2. The third-order valence-corrected chi connectivity index (χ3v) is 5.25. The first-order chi connectivity index (χ1) is 16.1. The number of hydrogen-bond acceptors (Lipinski definition) is 7. The monoisotopic (exact) mass is 497 g/mol. The molecule has 178 valence electrons. The zero-order chi connectivity index (χ0) is 24.5. The molecule has 1 saturated heterocycles. The summed E-state index contributed by atoms with van der Waals surface area (Å²) in [5, 5.41) is 1.82. The van der Waals surface area contributed by atoms with Gasteiger partial charge in [-0.15, -0.1) is 13.2 Å². The zero-order valence-electron chi connectivity index (χ0n) is 17.3. The molecule has 3 heterocycles. The van der Waals surface area contributed by atoms with E-state index in [0.29, 0.717) is 25.0 Å². The number of halogens is 5. The van der Waals surface area contributed by atoms with Crippen molar-refractivity contribution in [2.45, 2.75) is 18.9 Å². The molecule has 1 amide bonds. The van der Waals surface area contributed by atoms with Crippen LogP contribution in [0, 0.1) is 5.82 Å². The minimum absolute atomic E-state index is 0.0739. The lowest BCUT2D eigenvalue weighted by molar-refractivity contribution is -0.274. The molecule has 0 radical (unpaired) electrons. The summed E-state index contributed by atoms with van der Waals surface area (Å²) in [6.45, 7) is 4.36. The van der Waals surface area contributed by atoms with E-state index in [1.54, 1.807) is 17.0 Å². The Morgan fingerprint density at radius 3 is 2.79 bits per heavy atom. The van der Waals surface area contributed by atoms with Crippen molar-refractivity contribution in [3.63, 3.8) is 0 Å². The molecule has 1 fully saturated rings. The fourth-order valence-corrected chi connectivity index (χ4v) is 3.57. The first kappa shape index (κ1) is 23.5. The van der Waals surface area contributed by atoms with E-state index in [-0.39, 0.29) is 34.9 Å². The van der Waals surface area contributed by atoms with Crippen LogP contribution in [0.1, 0.15) is 6.42 Å². The first-order valence-electron chi connectivity index (χ1n) is 9.85. The maximum atomic E-state index is 14.6. The number of likely N-dealkylation sites (tertiary alicyclic amines) is 1. The molecule has 1 atom stereocenters. The van der Waals surface area contributed by atoms with E-state index in [1.807, 2.05) is 0 Å². The number of ether oxygens (including phenoxy) is 2. The number of carbonyl (C=O) groups is 1. The maximum Gasteiger partial charge on any atom is 0.573 e. The highest BCUT2D eigenvalue weighted by Gasteiger charge is 2.33. The van der Waals surface area contributed by atoms with Crippen LogP contribution in [-0.2, 0) is 4.79 Å². The van der Waals surface area contributed by atoms with Crippen molar-refractivity contribution in [2.75, 3.05) is 18.4 Å². The Labute approximate surface area is 195 Å². The SMILES string of the molecule is C=CC(=O)N1CC[C@H](Oc2ccc3ncnc(Nc4ccc(OC(F)(F)F)c(Cl)c4F)c3n2)C1. The molecule has 0 spiro atoms. The van der Waals surface area contributed by atoms with Gasteiger partial charge in [-0.05, 0) is 24.3 Å². The van der Waals surface area contributed by atoms with Gasteiger partial charge in [-0.3, -0.25) is 4.79 Å². The number of hydrogen-bond donors (Lipinski definition) is 1. The Kier molecular flexibility index (Phi) is 6.42. The van der Waals surface area contributed by atoms with Crippen LogP contribution in [-0.4, -0.2) is 51.3 Å². The van der Waals surface area contributed by atoms with Gasteiger partial charge < -0.3 is 19.7 Å². The number of anilines is 2. The van der Waals surface area contributed by atoms with E-state index < -0.39 is 23.0 Å². The molecular weight excluding hydrogens is 482 g/mol. The molecule has 0 aliphatic carbocycles. The Morgan fingerprint density at radius 1 is 1.26 bits per heavy atom. The van der Waals surface area contributed by atoms with Crippen LogP contribution in [0.5, 0.6) is 11.6 Å². The van der Waals surface area contributed by atoms with Gasteiger partial charge in [0.15, 0.2) is 17.4 Å². The average molecular weight is 498 g/mol. The van der Waals surface area contributed by atoms with E-state index >= 15 is 0 Å². The number of alkyl halides is 3. The molecule has 0 bridgehead atoms. The standard InChI is InChI=1S/C21H16ClF4N5O3/c1-2-16(32)31-8-7-11(9-31)33-15-6-4-13-19(30-15)20(28-10-27-13)29-12-3-5-14(17(22)18(12)23)34-21(24,25)26/h2-6,10-11H,1,7-9H2,(H,27,28,29)/t11-/m0/s1. The largest absolute Gasteiger partial charge is 0.573 e. The Bertz CT molecular complexity index is 1260. The predicted molar refractivity (Wildman–Crippen MR) is 115 cm³/mol. The van der Waals surface area contributed by atoms with Crippen molar-refractivity contribution >= 4 is 40.0 Å². The number of carbonyl (C=O) groups excluding carboxylic acids is 1. The Morgan fingerprint density at radius 2 is 2.06 bits per heavy atom. The molecule has 1 N–H and O–H groups in total. The van der Waals surface area contributed by atoms with Crippen LogP contribution < -0.4 is 14.8 Å². The highest BCUT2D eigenvalue weighted by Crippen LogP contribution is 2.36. The van der Waals surface area contributed by atoms with Crippen LogP contribution in [0.3, 0.4) is 0 Å². The van der Waals surface area contributed by atoms with Gasteiger partial charge >= 0.3 is 6.36 Å². The van der Waals surface area contributed by atoms with E-state index in [4.69, 9.17) is 16.3 Å². The second-order valence-electron chi connectivity index (χ2n) is 7.17. The van der Waals surface area contributed by atoms with Crippen molar-refractivity contribution < 1.29 is 31.8 Å². The number of fused-ring (bicyclic) bond motifs is 1. The molecule has 34 heavy (non-hydrogen) atoms. The summed E-state index contributed by atoms with van der Waals surface area (Å²) >= 11 is 5.71. The van der Waals surface area contributed by atoms with E-state index in [1.165, 1.54) is 12.4 Å². The van der Waals surface area contributed by atoms with Gasteiger partial charge in [0.2, 0.25) is 11.8 Å². The molecule has 8 nitrogen and oxygen atoms in total. The number of pyridine rings is 1. The van der Waals surface area contributed by atoms with E-state index in [9.17, 15) is 22.4 Å². The summed E-state index contributed by atoms with van der Waals surface area (Å²) in [5.41, 5.74) is 0.383. The molecule has 1 aromatic carbocycles. The van der Waals surface area contributed by atoms with Gasteiger partial charge in [0, 0.05) is 19.0 Å². The van der Waals surface area contributed by atoms with Crippen molar-refractivity contribution in [1.29, 1.82) is 0 Å². The van der Waals surface area contributed by atoms with Crippen LogP contribution >= 0.6 is 11.6 Å². The lowest BCUT2D eigenvalue weighted by Crippen LogP contribution is -2.29. The zero-order valence-corrected chi connectivity index (χ0v) is 18.0. The summed E-state index contributed by atoms with van der Waals surface area (Å²) < 4.78 is 61.6. The van der Waals surface area contributed by atoms with Crippen molar-refractivity contribution in [1.82, 2.24) is 19.9 Å². The number of amides is 1. The van der Waals surface area contributed by atoms with E-state index in [2.05, 4.69) is 31.6 Å². The lowest BCUT2D eigenvalue weighted by Gasteiger charge is -2.16. The van der Waals surface area contributed by atoms with Crippen LogP contribution in [0.4, 0.5) is 29.1 Å². The minimum atomic E-state index is -5.02. The van der Waals surface area contributed by atoms with Gasteiger partial charge in [0.1, 0.15) is 23.0 Å². The molecule has 2 aromatic heterocycles. The third-order valence-electron chi connectivity index (χ3n) is 4.90. The normalized spacial score (nSPS) is 15.9. The Balaban J connectivity index is 1.57. The second kappa shape index (κ2) is 9.29. The van der Waals surface area contributed by atoms with Crippen LogP contribution in [0.2, 0.25) is 5.02 Å². The maximum absolute atomic E-state index is 14.6. The smallest absolute Gasteiger partial charge is 0.472 e. The number of aromatic nitrogens is 3. The molecule has 0 saturated carbocycles. The number of nitrogens with one attached hydrogen (secondary N) is 1. The van der Waals surface area contributed by atoms with Crippen molar-refractivity contribution in [3.8, 4) is 11.6 Å². The third kappa shape index (κ3) is 5.11. The quantitative estimate of drug-likeness (QED) is 0.392. The summed E-state index contributed by atoms with van der Waals surface area (Å²) in [6, 6.07) is 5.12. The fourth-order valence-electron chi connectivity index (χ4n) is 3.36. The average Bonchev–Trinajstić information content (AvgIpc) is 3.26. The molecule has 1 aliphatic rings. The molecule has 3 aromatic rings. The summed E-state index contributed by atoms with van der Waals surface area (Å²) in [7, 11) is 0. The number of benzene rings is 1. The van der Waals surface area contributed by atoms with Crippen molar-refractivity contribution in [3.05, 3.63) is 54.1 Å². The lowest BCUT2D eigenvalue weighted by atomic mass is 10.2. The number of rotatable bonds is 6. The van der Waals surface area contributed by atoms with E-state index in [0.717, 1.165) is 12.1 Å². The molecule has 13 heteroatoms. The predicted octanol–water partition coefficient (Wildman–Crippen LogP) is 4.63. The summed E-state index contributed by atoms with van der Waals surface area (Å²) in [4.78, 5) is 25.9. The summed E-state index contributed by atoms with van der Waals surface area (Å²) in [5.74, 6) is -1.93. The van der Waals surface area contributed by atoms with Gasteiger partial charge in [0.05, 0.1) is 17.7 Å². The highest BCUT2D eigenvalue weighted by molar-refractivity contribution is 6.32. The topological polar surface area (TPSA) is 89.5 Å². The van der Waals surface area contributed by atoms with Gasteiger partial charge in [-0.1, -0.05) is 18.2 Å². The second-order valence-corrected chi connectivity index (χ2v) is 7.55. The Hall–Kier alpha value is -3.67. The van der Waals surface area contributed by atoms with Gasteiger partial charge in [-0.2, -0.15) is 0 Å². The van der Waals surface area contributed by atoms with Gasteiger partial charge in [-0.25, -0.2) is 19.3 Å². The highest BCUT2D eigenvalue weighted by atomic mass is 35.5. The van der Waals surface area contributed by atoms with Gasteiger partial charge in [0.25, 0.3) is 0 Å². The minimum Gasteiger partial charge on any atom is -0.472 e. The van der Waals surface area contributed by atoms with Crippen molar-refractivity contribution in [2.24, 2.45) is 0 Å². The molecule has 1 aliphatic heterocycles. The number of nitrogens with zero attached hydrogens (tertiary/aromatic N) is 4. The molecule has 0 unspecified atom stereocenters. The summed E-state index contributed by atoms with van der Waals surface area (Å²) in [6.07, 6.45) is -2.26.